The minimum atomic E-state index is -0.816. The number of aliphatic hydroxyl groups is 1. The summed E-state index contributed by atoms with van der Waals surface area (Å²) in [6.07, 6.45) is 3.82. The van der Waals surface area contributed by atoms with Crippen LogP contribution in [-0.4, -0.2) is 45.9 Å². The van der Waals surface area contributed by atoms with Crippen LogP contribution in [0.3, 0.4) is 0 Å². The number of carbonyl (C=O) groups is 1. The minimum absolute atomic E-state index is 0.332. The van der Waals surface area contributed by atoms with Crippen LogP contribution in [0.15, 0.2) is 0 Å². The maximum Gasteiger partial charge on any atom is 0.410 e. The summed E-state index contributed by atoms with van der Waals surface area (Å²) in [7, 11) is 0. The minimum Gasteiger partial charge on any atom is -0.444 e. The van der Waals surface area contributed by atoms with Crippen molar-refractivity contribution < 1.29 is 14.6 Å². The van der Waals surface area contributed by atoms with E-state index < -0.39 is 16.7 Å². The van der Waals surface area contributed by atoms with E-state index in [4.69, 9.17) is 10.5 Å². The fourth-order valence-electron chi connectivity index (χ4n) is 3.15. The molecule has 110 valence electrons. The molecule has 2 fully saturated rings. The highest BCUT2D eigenvalue weighted by Crippen LogP contribution is 2.41. The maximum absolute atomic E-state index is 12.0. The Balaban J connectivity index is 2.01. The van der Waals surface area contributed by atoms with Gasteiger partial charge in [-0.25, -0.2) is 4.79 Å². The number of carbonyl (C=O) groups excluding carboxylic acids is 1. The summed E-state index contributed by atoms with van der Waals surface area (Å²) in [5.74, 6) is 0. The third-order valence-corrected chi connectivity index (χ3v) is 4.31. The summed E-state index contributed by atoms with van der Waals surface area (Å²) < 4.78 is 5.36. The monoisotopic (exact) mass is 270 g/mol. The number of nitrogens with two attached hydrogens (primary N) is 1. The van der Waals surface area contributed by atoms with E-state index >= 15 is 0 Å². The van der Waals surface area contributed by atoms with Gasteiger partial charge in [0.2, 0.25) is 0 Å². The van der Waals surface area contributed by atoms with E-state index in [1.165, 1.54) is 0 Å². The highest BCUT2D eigenvalue weighted by Gasteiger charge is 2.53. The molecular weight excluding hydrogens is 244 g/mol. The van der Waals surface area contributed by atoms with Crippen LogP contribution in [0.4, 0.5) is 4.79 Å². The Labute approximate surface area is 115 Å². The molecule has 1 amide bonds. The Bertz CT molecular complexity index is 358. The number of hydrogen-bond donors (Lipinski definition) is 2. The van der Waals surface area contributed by atoms with Crippen molar-refractivity contribution in [2.45, 2.75) is 69.6 Å². The molecule has 2 aliphatic rings. The van der Waals surface area contributed by atoms with Gasteiger partial charge in [0.05, 0.1) is 11.1 Å². The quantitative estimate of drug-likeness (QED) is 0.759. The van der Waals surface area contributed by atoms with E-state index in [1.54, 1.807) is 4.90 Å². The van der Waals surface area contributed by atoms with Crippen molar-refractivity contribution >= 4 is 6.09 Å². The number of likely N-dealkylation sites (tertiary alicyclic amines) is 1. The van der Waals surface area contributed by atoms with Crippen LogP contribution in [-0.2, 0) is 4.74 Å². The third kappa shape index (κ3) is 2.87. The molecule has 0 aromatic rings. The molecule has 1 aliphatic carbocycles. The Morgan fingerprint density at radius 2 is 1.84 bits per heavy atom. The topological polar surface area (TPSA) is 75.8 Å². The Kier molecular flexibility index (Phi) is 3.56. The van der Waals surface area contributed by atoms with Crippen molar-refractivity contribution in [2.75, 3.05) is 13.1 Å². The highest BCUT2D eigenvalue weighted by atomic mass is 16.6. The second-order valence-electron chi connectivity index (χ2n) is 7.05. The zero-order valence-electron chi connectivity index (χ0n) is 12.2. The molecule has 3 N–H and O–H groups in total. The zero-order chi connectivity index (χ0) is 14.3. The first-order valence-electron chi connectivity index (χ1n) is 7.14. The molecule has 0 aromatic carbocycles. The maximum atomic E-state index is 12.0. The highest BCUT2D eigenvalue weighted by molar-refractivity contribution is 5.68. The first-order valence-corrected chi connectivity index (χ1v) is 7.14. The molecule has 0 aromatic heterocycles. The van der Waals surface area contributed by atoms with Crippen molar-refractivity contribution in [3.05, 3.63) is 0 Å². The predicted octanol–water partition coefficient (Wildman–Crippen LogP) is 1.63. The number of rotatable bonds is 1. The Morgan fingerprint density at radius 3 is 2.37 bits per heavy atom. The first-order chi connectivity index (χ1) is 8.65. The van der Waals surface area contributed by atoms with Crippen LogP contribution in [0.1, 0.15) is 52.9 Å². The molecule has 0 radical (unpaired) electrons. The molecule has 0 spiro atoms. The smallest absolute Gasteiger partial charge is 0.410 e. The lowest BCUT2D eigenvalue weighted by molar-refractivity contribution is -0.0278. The van der Waals surface area contributed by atoms with E-state index in [0.29, 0.717) is 19.5 Å². The van der Waals surface area contributed by atoms with Gasteiger partial charge >= 0.3 is 6.09 Å². The van der Waals surface area contributed by atoms with Gasteiger partial charge in [0.25, 0.3) is 0 Å². The van der Waals surface area contributed by atoms with Crippen LogP contribution in [0.25, 0.3) is 0 Å². The second-order valence-corrected chi connectivity index (χ2v) is 7.05. The molecule has 1 unspecified atom stereocenters. The Hall–Kier alpha value is -0.810. The van der Waals surface area contributed by atoms with Crippen LogP contribution >= 0.6 is 0 Å². The molecule has 19 heavy (non-hydrogen) atoms. The number of hydrogen-bond acceptors (Lipinski definition) is 4. The number of ether oxygens (including phenoxy) is 1. The second kappa shape index (κ2) is 4.63. The number of amides is 1. The SMILES string of the molecule is CC(C)(C)OC(=O)N1CCC(N)(C2(O)CCCC2)C1. The van der Waals surface area contributed by atoms with Crippen molar-refractivity contribution in [3.63, 3.8) is 0 Å². The average Bonchev–Trinajstić information content (AvgIpc) is 2.84. The lowest BCUT2D eigenvalue weighted by Crippen LogP contribution is -2.61. The predicted molar refractivity (Wildman–Crippen MR) is 72.8 cm³/mol. The largest absolute Gasteiger partial charge is 0.444 e. The van der Waals surface area contributed by atoms with Crippen LogP contribution < -0.4 is 5.73 Å². The van der Waals surface area contributed by atoms with E-state index in [9.17, 15) is 9.90 Å². The lowest BCUT2D eigenvalue weighted by Gasteiger charge is -2.39. The van der Waals surface area contributed by atoms with Crippen LogP contribution in [0, 0.1) is 0 Å². The summed E-state index contributed by atoms with van der Waals surface area (Å²) in [6, 6.07) is 0. The summed E-state index contributed by atoms with van der Waals surface area (Å²) >= 11 is 0. The molecular formula is C14H26N2O3. The standard InChI is InChI=1S/C14H26N2O3/c1-12(2,3)19-11(17)16-9-8-13(15,10-16)14(18)6-4-5-7-14/h18H,4-10,15H2,1-3H3. The summed E-state index contributed by atoms with van der Waals surface area (Å²) in [6.45, 7) is 6.50. The van der Waals surface area contributed by atoms with Crippen molar-refractivity contribution in [1.29, 1.82) is 0 Å². The molecule has 1 saturated heterocycles. The van der Waals surface area contributed by atoms with Gasteiger partial charge in [0, 0.05) is 13.1 Å². The van der Waals surface area contributed by atoms with E-state index in [0.717, 1.165) is 25.7 Å². The van der Waals surface area contributed by atoms with E-state index in [-0.39, 0.29) is 6.09 Å². The Morgan fingerprint density at radius 1 is 1.26 bits per heavy atom. The van der Waals surface area contributed by atoms with Crippen molar-refractivity contribution in [2.24, 2.45) is 5.73 Å². The fraction of sp³-hybridized carbons (Fsp3) is 0.929. The summed E-state index contributed by atoms with van der Waals surface area (Å²) in [4.78, 5) is 13.7. The van der Waals surface area contributed by atoms with Gasteiger partial charge < -0.3 is 20.5 Å². The third-order valence-electron chi connectivity index (χ3n) is 4.31. The molecule has 1 atom stereocenters. The first kappa shape index (κ1) is 14.6. The molecule has 1 aliphatic heterocycles. The van der Waals surface area contributed by atoms with Crippen LogP contribution in [0.5, 0.6) is 0 Å². The fourth-order valence-corrected chi connectivity index (χ4v) is 3.15. The molecule has 2 rings (SSSR count). The van der Waals surface area contributed by atoms with E-state index in [2.05, 4.69) is 0 Å². The molecule has 5 nitrogen and oxygen atoms in total. The van der Waals surface area contributed by atoms with Gasteiger partial charge in [0.15, 0.2) is 0 Å². The zero-order valence-corrected chi connectivity index (χ0v) is 12.2. The van der Waals surface area contributed by atoms with Crippen molar-refractivity contribution in [3.8, 4) is 0 Å². The molecule has 1 saturated carbocycles. The van der Waals surface area contributed by atoms with Gasteiger partial charge in [-0.2, -0.15) is 0 Å². The van der Waals surface area contributed by atoms with E-state index in [1.807, 2.05) is 20.8 Å². The van der Waals surface area contributed by atoms with Gasteiger partial charge in [-0.15, -0.1) is 0 Å². The summed E-state index contributed by atoms with van der Waals surface area (Å²) in [5, 5.41) is 10.7. The van der Waals surface area contributed by atoms with Crippen molar-refractivity contribution in [1.82, 2.24) is 4.90 Å². The summed E-state index contributed by atoms with van der Waals surface area (Å²) in [5.41, 5.74) is 4.40. The number of nitrogens with zero attached hydrogens (tertiary/aromatic N) is 1. The van der Waals surface area contributed by atoms with Crippen LogP contribution in [0.2, 0.25) is 0 Å². The van der Waals surface area contributed by atoms with Gasteiger partial charge in [-0.1, -0.05) is 12.8 Å². The van der Waals surface area contributed by atoms with Gasteiger partial charge in [-0.3, -0.25) is 0 Å². The molecule has 1 heterocycles. The average molecular weight is 270 g/mol. The van der Waals surface area contributed by atoms with Gasteiger partial charge in [0.1, 0.15) is 5.60 Å². The molecule has 5 heteroatoms. The normalized spacial score (nSPS) is 30.7. The van der Waals surface area contributed by atoms with Gasteiger partial charge in [-0.05, 0) is 40.0 Å². The molecule has 0 bridgehead atoms. The lowest BCUT2D eigenvalue weighted by atomic mass is 9.78.